The van der Waals surface area contributed by atoms with E-state index in [0.717, 1.165) is 10.5 Å². The smallest absolute Gasteiger partial charge is 0.251 e. The first-order chi connectivity index (χ1) is 9.61. The lowest BCUT2D eigenvalue weighted by Gasteiger charge is -2.16. The Balaban J connectivity index is 2.34. The Labute approximate surface area is 126 Å². The Morgan fingerprint density at radius 2 is 1.90 bits per heavy atom. The predicted molar refractivity (Wildman–Crippen MR) is 83.2 cm³/mol. The van der Waals surface area contributed by atoms with E-state index < -0.39 is 5.25 Å². The predicted octanol–water partition coefficient (Wildman–Crippen LogP) is 2.75. The molecular weight excluding hydrogens is 294 g/mol. The number of nitrogens with one attached hydrogen (secondary N) is 1. The minimum atomic E-state index is -0.486. The summed E-state index contributed by atoms with van der Waals surface area (Å²) in [6.07, 6.45) is 0. The first-order valence-electron chi connectivity index (χ1n) is 5.89. The lowest BCUT2D eigenvalue weighted by atomic mass is 10.1. The molecule has 0 bridgehead atoms. The van der Waals surface area contributed by atoms with Crippen LogP contribution in [-0.4, -0.2) is 5.91 Å². The molecule has 0 spiro atoms. The number of nitrogen functional groups attached to an aromatic ring is 1. The Hall–Kier alpha value is -1.69. The molecule has 5 N–H and O–H groups in total. The van der Waals surface area contributed by atoms with Gasteiger partial charge in [-0.2, -0.15) is 0 Å². The van der Waals surface area contributed by atoms with E-state index >= 15 is 0 Å². The summed E-state index contributed by atoms with van der Waals surface area (Å²) in [5.74, 6) is 4.97. The van der Waals surface area contributed by atoms with Crippen LogP contribution in [0.1, 0.15) is 10.8 Å². The van der Waals surface area contributed by atoms with Crippen LogP contribution in [0.4, 0.5) is 5.69 Å². The van der Waals surface area contributed by atoms with E-state index in [1.54, 1.807) is 18.2 Å². The first kappa shape index (κ1) is 14.7. The number of amides is 1. The first-order valence-corrected chi connectivity index (χ1v) is 7.14. The average Bonchev–Trinajstić information content (AvgIpc) is 2.48. The number of anilines is 1. The molecular formula is C14H14ClN3OS. The summed E-state index contributed by atoms with van der Waals surface area (Å²) in [7, 11) is 0. The Kier molecular flexibility index (Phi) is 4.89. The van der Waals surface area contributed by atoms with Crippen molar-refractivity contribution in [1.82, 2.24) is 5.43 Å². The van der Waals surface area contributed by atoms with Gasteiger partial charge in [0.25, 0.3) is 5.91 Å². The van der Waals surface area contributed by atoms with Gasteiger partial charge >= 0.3 is 0 Å². The summed E-state index contributed by atoms with van der Waals surface area (Å²) >= 11 is 7.45. The maximum absolute atomic E-state index is 12.0. The molecule has 0 aromatic heterocycles. The van der Waals surface area contributed by atoms with Crippen LogP contribution in [0.5, 0.6) is 0 Å². The highest BCUT2D eigenvalue weighted by Crippen LogP contribution is 2.39. The van der Waals surface area contributed by atoms with E-state index in [1.165, 1.54) is 11.8 Å². The molecule has 6 heteroatoms. The summed E-state index contributed by atoms with van der Waals surface area (Å²) in [4.78, 5) is 12.7. The van der Waals surface area contributed by atoms with Gasteiger partial charge in [0.1, 0.15) is 5.25 Å². The average molecular weight is 308 g/mol. The Morgan fingerprint density at radius 3 is 2.55 bits per heavy atom. The number of hydrogen-bond donors (Lipinski definition) is 3. The number of carbonyl (C=O) groups is 1. The van der Waals surface area contributed by atoms with Crippen molar-refractivity contribution in [3.63, 3.8) is 0 Å². The van der Waals surface area contributed by atoms with E-state index in [-0.39, 0.29) is 5.91 Å². The molecule has 104 valence electrons. The quantitative estimate of drug-likeness (QED) is 0.267. The second kappa shape index (κ2) is 6.65. The van der Waals surface area contributed by atoms with Gasteiger partial charge in [0.05, 0.1) is 5.02 Å². The summed E-state index contributed by atoms with van der Waals surface area (Å²) in [6.45, 7) is 0. The van der Waals surface area contributed by atoms with E-state index in [9.17, 15) is 4.79 Å². The molecule has 1 unspecified atom stereocenters. The van der Waals surface area contributed by atoms with Gasteiger partial charge < -0.3 is 5.73 Å². The van der Waals surface area contributed by atoms with E-state index in [2.05, 4.69) is 5.43 Å². The number of hydrazine groups is 1. The molecule has 20 heavy (non-hydrogen) atoms. The van der Waals surface area contributed by atoms with Crippen molar-refractivity contribution >= 4 is 35.0 Å². The zero-order chi connectivity index (χ0) is 14.5. The molecule has 1 amide bonds. The topological polar surface area (TPSA) is 81.1 Å². The highest BCUT2D eigenvalue weighted by molar-refractivity contribution is 8.00. The van der Waals surface area contributed by atoms with Crippen LogP contribution >= 0.6 is 23.4 Å². The molecule has 0 saturated carbocycles. The van der Waals surface area contributed by atoms with Gasteiger partial charge in [0, 0.05) is 10.6 Å². The molecule has 1 atom stereocenters. The van der Waals surface area contributed by atoms with Crippen molar-refractivity contribution in [2.45, 2.75) is 10.1 Å². The second-order valence-electron chi connectivity index (χ2n) is 4.11. The van der Waals surface area contributed by atoms with Crippen LogP contribution in [0.3, 0.4) is 0 Å². The number of benzene rings is 2. The molecule has 0 heterocycles. The zero-order valence-electron chi connectivity index (χ0n) is 10.5. The third-order valence-electron chi connectivity index (χ3n) is 2.68. The van der Waals surface area contributed by atoms with Gasteiger partial charge in [0.2, 0.25) is 0 Å². The zero-order valence-corrected chi connectivity index (χ0v) is 12.1. The summed E-state index contributed by atoms with van der Waals surface area (Å²) in [5, 5.41) is 0.0652. The van der Waals surface area contributed by atoms with Crippen molar-refractivity contribution in [3.8, 4) is 0 Å². The number of carbonyl (C=O) groups excluding carboxylic acids is 1. The summed E-state index contributed by atoms with van der Waals surface area (Å²) < 4.78 is 0. The maximum atomic E-state index is 12.0. The van der Waals surface area contributed by atoms with Crippen LogP contribution in [0.2, 0.25) is 5.02 Å². The molecule has 0 radical (unpaired) electrons. The van der Waals surface area contributed by atoms with Gasteiger partial charge in [-0.25, -0.2) is 5.84 Å². The monoisotopic (exact) mass is 307 g/mol. The van der Waals surface area contributed by atoms with Crippen LogP contribution < -0.4 is 17.0 Å². The SMILES string of the molecule is NNC(=O)C(Sc1cc(N)ccc1Cl)c1ccccc1. The summed E-state index contributed by atoms with van der Waals surface area (Å²) in [5.41, 5.74) is 9.38. The van der Waals surface area contributed by atoms with Gasteiger partial charge in [-0.3, -0.25) is 10.2 Å². The normalized spacial score (nSPS) is 11.9. The molecule has 2 rings (SSSR count). The Bertz CT molecular complexity index is 607. The van der Waals surface area contributed by atoms with Gasteiger partial charge in [-0.15, -0.1) is 11.8 Å². The fraction of sp³-hybridized carbons (Fsp3) is 0.0714. The van der Waals surface area contributed by atoms with Crippen LogP contribution in [-0.2, 0) is 4.79 Å². The minimum absolute atomic E-state index is 0.292. The number of thioether (sulfide) groups is 1. The summed E-state index contributed by atoms with van der Waals surface area (Å²) in [6, 6.07) is 14.5. The standard InChI is InChI=1S/C14H14ClN3OS/c15-11-7-6-10(16)8-12(11)20-13(14(19)18-17)9-4-2-1-3-5-9/h1-8,13H,16-17H2,(H,18,19). The molecule has 0 saturated heterocycles. The third kappa shape index (κ3) is 3.45. The van der Waals surface area contributed by atoms with E-state index in [4.69, 9.17) is 23.2 Å². The fourth-order valence-corrected chi connectivity index (χ4v) is 3.07. The van der Waals surface area contributed by atoms with Crippen LogP contribution in [0.15, 0.2) is 53.4 Å². The van der Waals surface area contributed by atoms with Crippen molar-refractivity contribution in [1.29, 1.82) is 0 Å². The molecule has 2 aromatic rings. The second-order valence-corrected chi connectivity index (χ2v) is 5.66. The van der Waals surface area contributed by atoms with E-state index in [1.807, 2.05) is 30.3 Å². The molecule has 0 aliphatic rings. The van der Waals surface area contributed by atoms with Crippen molar-refractivity contribution in [2.75, 3.05) is 5.73 Å². The molecule has 0 aliphatic carbocycles. The van der Waals surface area contributed by atoms with Gasteiger partial charge in [-0.05, 0) is 23.8 Å². The number of rotatable bonds is 4. The van der Waals surface area contributed by atoms with Crippen molar-refractivity contribution in [3.05, 3.63) is 59.1 Å². The van der Waals surface area contributed by atoms with Gasteiger partial charge in [-0.1, -0.05) is 41.9 Å². The molecule has 0 aliphatic heterocycles. The number of halogens is 1. The minimum Gasteiger partial charge on any atom is -0.399 e. The third-order valence-corrected chi connectivity index (χ3v) is 4.44. The maximum Gasteiger partial charge on any atom is 0.251 e. The molecule has 4 nitrogen and oxygen atoms in total. The van der Waals surface area contributed by atoms with Gasteiger partial charge in [0.15, 0.2) is 0 Å². The Morgan fingerprint density at radius 1 is 1.20 bits per heavy atom. The fourth-order valence-electron chi connectivity index (χ4n) is 1.71. The van der Waals surface area contributed by atoms with Crippen molar-refractivity contribution in [2.24, 2.45) is 5.84 Å². The highest BCUT2D eigenvalue weighted by atomic mass is 35.5. The van der Waals surface area contributed by atoms with E-state index in [0.29, 0.717) is 10.7 Å². The molecule has 2 aromatic carbocycles. The largest absolute Gasteiger partial charge is 0.399 e. The molecule has 0 fully saturated rings. The number of nitrogens with two attached hydrogens (primary N) is 2. The number of hydrogen-bond acceptors (Lipinski definition) is 4. The lowest BCUT2D eigenvalue weighted by molar-refractivity contribution is -0.120. The van der Waals surface area contributed by atoms with Crippen LogP contribution in [0.25, 0.3) is 0 Å². The van der Waals surface area contributed by atoms with Crippen molar-refractivity contribution < 1.29 is 4.79 Å². The highest BCUT2D eigenvalue weighted by Gasteiger charge is 2.22. The lowest BCUT2D eigenvalue weighted by Crippen LogP contribution is -2.33. The van der Waals surface area contributed by atoms with Crippen LogP contribution in [0, 0.1) is 0 Å².